The summed E-state index contributed by atoms with van der Waals surface area (Å²) < 4.78 is 76.4. The molecule has 2 N–H and O–H groups in total. The first kappa shape index (κ1) is 17.8. The molecule has 0 bridgehead atoms. The molecule has 1 aliphatic heterocycles. The van der Waals surface area contributed by atoms with Gasteiger partial charge in [-0.2, -0.15) is 26.3 Å². The van der Waals surface area contributed by atoms with Crippen LogP contribution >= 0.6 is 22.6 Å². The zero-order chi connectivity index (χ0) is 16.9. The molecule has 1 aromatic rings. The van der Waals surface area contributed by atoms with Crippen molar-refractivity contribution in [2.24, 2.45) is 0 Å². The Morgan fingerprint density at radius 2 is 1.45 bits per heavy atom. The fourth-order valence-electron chi connectivity index (χ4n) is 2.19. The molecule has 1 aromatic carbocycles. The highest BCUT2D eigenvalue weighted by Crippen LogP contribution is 2.50. The average molecular weight is 439 g/mol. The average Bonchev–Trinajstić information content (AvgIpc) is 3.11. The van der Waals surface area contributed by atoms with Crippen molar-refractivity contribution >= 4 is 22.6 Å². The molecule has 2 nitrogen and oxygen atoms in total. The van der Waals surface area contributed by atoms with Crippen molar-refractivity contribution < 1.29 is 31.4 Å². The first-order valence-corrected chi connectivity index (χ1v) is 7.50. The number of hydrogen-bond acceptors (Lipinski definition) is 2. The zero-order valence-electron chi connectivity index (χ0n) is 11.1. The van der Waals surface area contributed by atoms with Crippen LogP contribution < -0.4 is 5.32 Å². The maximum atomic E-state index is 12.8. The number of alkyl halides is 7. The molecule has 0 spiro atoms. The van der Waals surface area contributed by atoms with E-state index in [4.69, 9.17) is 0 Å². The molecule has 0 aliphatic carbocycles. The molecular formula is C13H12F6INO. The third kappa shape index (κ3) is 2.94. The van der Waals surface area contributed by atoms with Gasteiger partial charge in [0.15, 0.2) is 0 Å². The van der Waals surface area contributed by atoms with E-state index in [0.717, 1.165) is 0 Å². The Hall–Kier alpha value is -0.550. The smallest absolute Gasteiger partial charge is 0.369 e. The minimum atomic E-state index is -5.86. The van der Waals surface area contributed by atoms with Crippen LogP contribution in [-0.2, 0) is 5.60 Å². The number of aliphatic hydroxyl groups is 1. The monoisotopic (exact) mass is 439 g/mol. The highest BCUT2D eigenvalue weighted by Gasteiger charge is 2.71. The summed E-state index contributed by atoms with van der Waals surface area (Å²) >= 11 is 2.07. The van der Waals surface area contributed by atoms with E-state index in [1.165, 1.54) is 12.1 Å². The van der Waals surface area contributed by atoms with E-state index in [9.17, 15) is 31.4 Å². The fraction of sp³-hybridized carbons (Fsp3) is 0.538. The highest BCUT2D eigenvalue weighted by molar-refractivity contribution is 14.1. The number of hydrogen-bond donors (Lipinski definition) is 2. The van der Waals surface area contributed by atoms with Gasteiger partial charge in [0.05, 0.1) is 3.92 Å². The van der Waals surface area contributed by atoms with Crippen LogP contribution in [0.4, 0.5) is 26.3 Å². The summed E-state index contributed by atoms with van der Waals surface area (Å²) in [6.07, 6.45) is -11.7. The van der Waals surface area contributed by atoms with Crippen molar-refractivity contribution in [3.05, 3.63) is 35.4 Å². The lowest BCUT2D eigenvalue weighted by Gasteiger charge is -2.32. The molecule has 3 atom stereocenters. The van der Waals surface area contributed by atoms with Gasteiger partial charge in [0.25, 0.3) is 5.60 Å². The van der Waals surface area contributed by atoms with E-state index < -0.39 is 23.5 Å². The molecular weight excluding hydrogens is 427 g/mol. The Morgan fingerprint density at radius 3 is 1.77 bits per heavy atom. The number of nitrogens with one attached hydrogen (secondary N) is 1. The van der Waals surface area contributed by atoms with Gasteiger partial charge in [-0.1, -0.05) is 46.9 Å². The first-order valence-electron chi connectivity index (χ1n) is 6.26. The maximum absolute atomic E-state index is 12.8. The summed E-state index contributed by atoms with van der Waals surface area (Å²) in [5.41, 5.74) is -5.51. The molecule has 2 unspecified atom stereocenters. The Bertz CT molecular complexity index is 527. The summed E-state index contributed by atoms with van der Waals surface area (Å²) in [6.45, 7) is 1.93. The molecule has 0 aromatic heterocycles. The molecule has 0 radical (unpaired) electrons. The Balaban J connectivity index is 2.35. The molecule has 0 saturated carbocycles. The minimum Gasteiger partial charge on any atom is -0.369 e. The second-order valence-corrected chi connectivity index (χ2v) is 6.55. The standard InChI is InChI=1S/C13H12F6INO/c1-6-10(21-6)9(20)7-2-4-8(5-3-7)11(22,12(14,15)16)13(17,18)19/h2-6,9-10,21-22H,1H3/t6-,9?,10?/m0/s1. The predicted molar refractivity (Wildman–Crippen MR) is 75.6 cm³/mol. The summed E-state index contributed by atoms with van der Waals surface area (Å²) in [5.74, 6) is 0. The number of rotatable bonds is 3. The molecule has 1 aliphatic rings. The van der Waals surface area contributed by atoms with Crippen LogP contribution in [-0.4, -0.2) is 29.5 Å². The van der Waals surface area contributed by atoms with Crippen molar-refractivity contribution in [1.29, 1.82) is 0 Å². The van der Waals surface area contributed by atoms with Crippen LogP contribution in [0.5, 0.6) is 0 Å². The minimum absolute atomic E-state index is 0.0773. The van der Waals surface area contributed by atoms with Crippen molar-refractivity contribution in [2.45, 2.75) is 40.9 Å². The predicted octanol–water partition coefficient (Wildman–Crippen LogP) is 3.84. The van der Waals surface area contributed by atoms with Crippen LogP contribution in [0.3, 0.4) is 0 Å². The molecule has 0 amide bonds. The van der Waals surface area contributed by atoms with Crippen LogP contribution in [0.2, 0.25) is 0 Å². The van der Waals surface area contributed by atoms with Gasteiger partial charge < -0.3 is 10.4 Å². The van der Waals surface area contributed by atoms with Gasteiger partial charge in [-0.05, 0) is 12.5 Å². The largest absolute Gasteiger partial charge is 0.430 e. The number of benzene rings is 1. The molecule has 2 rings (SSSR count). The van der Waals surface area contributed by atoms with Gasteiger partial charge in [0.2, 0.25) is 0 Å². The molecule has 22 heavy (non-hydrogen) atoms. The van der Waals surface area contributed by atoms with E-state index in [1.807, 2.05) is 6.92 Å². The molecule has 1 saturated heterocycles. The van der Waals surface area contributed by atoms with Crippen molar-refractivity contribution in [2.75, 3.05) is 0 Å². The van der Waals surface area contributed by atoms with E-state index in [-0.39, 0.29) is 16.0 Å². The molecule has 1 fully saturated rings. The second kappa shape index (κ2) is 5.52. The van der Waals surface area contributed by atoms with Crippen molar-refractivity contribution in [1.82, 2.24) is 5.32 Å². The van der Waals surface area contributed by atoms with Gasteiger partial charge >= 0.3 is 12.4 Å². The fourth-order valence-corrected chi connectivity index (χ4v) is 3.44. The quantitative estimate of drug-likeness (QED) is 0.326. The lowest BCUT2D eigenvalue weighted by molar-refractivity contribution is -0.376. The lowest BCUT2D eigenvalue weighted by Crippen LogP contribution is -2.53. The molecule has 9 heteroatoms. The summed E-state index contributed by atoms with van der Waals surface area (Å²) in [5, 5.41) is 12.4. The topological polar surface area (TPSA) is 42.2 Å². The summed E-state index contributed by atoms with van der Waals surface area (Å²) in [6, 6.07) is 4.10. The van der Waals surface area contributed by atoms with Crippen LogP contribution in [0.25, 0.3) is 0 Å². The molecule has 124 valence electrons. The zero-order valence-corrected chi connectivity index (χ0v) is 13.3. The Labute approximate surface area is 136 Å². The third-order valence-electron chi connectivity index (χ3n) is 3.67. The van der Waals surface area contributed by atoms with E-state index in [2.05, 4.69) is 27.9 Å². The van der Waals surface area contributed by atoms with E-state index in [1.54, 1.807) is 0 Å². The maximum Gasteiger partial charge on any atom is 0.430 e. The van der Waals surface area contributed by atoms with E-state index in [0.29, 0.717) is 17.7 Å². The number of halogens is 7. The van der Waals surface area contributed by atoms with Crippen LogP contribution in [0.1, 0.15) is 22.0 Å². The summed E-state index contributed by atoms with van der Waals surface area (Å²) in [7, 11) is 0. The van der Waals surface area contributed by atoms with Crippen LogP contribution in [0.15, 0.2) is 24.3 Å². The summed E-state index contributed by atoms with van der Waals surface area (Å²) in [4.78, 5) is 0. The van der Waals surface area contributed by atoms with Gasteiger partial charge in [0, 0.05) is 17.6 Å². The Kier molecular flexibility index (Phi) is 4.46. The van der Waals surface area contributed by atoms with Crippen molar-refractivity contribution in [3.8, 4) is 0 Å². The van der Waals surface area contributed by atoms with Crippen molar-refractivity contribution in [3.63, 3.8) is 0 Å². The van der Waals surface area contributed by atoms with Gasteiger partial charge in [0.1, 0.15) is 0 Å². The van der Waals surface area contributed by atoms with Crippen LogP contribution in [0, 0.1) is 0 Å². The normalized spacial score (nSPS) is 24.2. The van der Waals surface area contributed by atoms with Gasteiger partial charge in [-0.15, -0.1) is 0 Å². The lowest BCUT2D eigenvalue weighted by atomic mass is 9.91. The highest BCUT2D eigenvalue weighted by atomic mass is 127. The van der Waals surface area contributed by atoms with Gasteiger partial charge in [-0.3, -0.25) is 0 Å². The second-order valence-electron chi connectivity index (χ2n) is 5.21. The third-order valence-corrected chi connectivity index (χ3v) is 5.16. The van der Waals surface area contributed by atoms with E-state index >= 15 is 0 Å². The molecule has 1 heterocycles. The van der Waals surface area contributed by atoms with Gasteiger partial charge in [-0.25, -0.2) is 0 Å². The first-order chi connectivity index (χ1) is 9.89. The SMILES string of the molecule is C[C@@H]1NC1C(I)c1ccc(C(O)(C(F)(F)F)C(F)(F)F)cc1. The Morgan fingerprint density at radius 1 is 1.05 bits per heavy atom.